The molecule has 3 aromatic rings. The molecule has 2 amide bonds. The Hall–Kier alpha value is -3.94. The summed E-state index contributed by atoms with van der Waals surface area (Å²) in [5.41, 5.74) is 3.35. The number of esters is 1. The van der Waals surface area contributed by atoms with E-state index in [0.29, 0.717) is 12.2 Å². The number of benzene rings is 2. The fourth-order valence-electron chi connectivity index (χ4n) is 4.31. The molecule has 0 bridgehead atoms. The second-order valence-electron chi connectivity index (χ2n) is 8.86. The number of methoxy groups -OCH3 is 1. The molecule has 4 rings (SSSR count). The number of nitrogens with zero attached hydrogens (tertiary/aromatic N) is 3. The molecule has 0 saturated carbocycles. The van der Waals surface area contributed by atoms with Gasteiger partial charge in [-0.3, -0.25) is 14.5 Å². The molecule has 8 heteroatoms. The zero-order valence-corrected chi connectivity index (χ0v) is 20.0. The van der Waals surface area contributed by atoms with Gasteiger partial charge in [-0.05, 0) is 50.5 Å². The highest BCUT2D eigenvalue weighted by atomic mass is 16.5. The van der Waals surface area contributed by atoms with Gasteiger partial charge in [-0.1, -0.05) is 42.0 Å². The molecule has 34 heavy (non-hydrogen) atoms. The predicted octanol–water partition coefficient (Wildman–Crippen LogP) is 3.33. The average Bonchev–Trinajstić information content (AvgIpc) is 3.24. The van der Waals surface area contributed by atoms with Gasteiger partial charge in [0.15, 0.2) is 5.69 Å². The van der Waals surface area contributed by atoms with Crippen LogP contribution in [0, 0.1) is 20.8 Å². The van der Waals surface area contributed by atoms with Gasteiger partial charge in [0, 0.05) is 12.2 Å². The molecule has 1 unspecified atom stereocenters. The van der Waals surface area contributed by atoms with E-state index in [4.69, 9.17) is 4.74 Å². The number of fused-ring (bicyclic) bond motifs is 1. The monoisotopic (exact) mass is 460 g/mol. The predicted molar refractivity (Wildman–Crippen MR) is 128 cm³/mol. The molecule has 1 atom stereocenters. The minimum atomic E-state index is -1.26. The van der Waals surface area contributed by atoms with Crippen molar-refractivity contribution in [2.45, 2.75) is 46.3 Å². The van der Waals surface area contributed by atoms with Gasteiger partial charge in [-0.2, -0.15) is 0 Å². The largest absolute Gasteiger partial charge is 0.464 e. The number of amides is 2. The first-order valence-electron chi connectivity index (χ1n) is 11.1. The lowest BCUT2D eigenvalue weighted by molar-refractivity contribution is -0.126. The van der Waals surface area contributed by atoms with E-state index < -0.39 is 17.4 Å². The number of aromatic nitrogens is 2. The number of rotatable bonds is 5. The number of hydrogen-bond acceptors (Lipinski definition) is 5. The summed E-state index contributed by atoms with van der Waals surface area (Å²) in [4.78, 5) is 45.5. The number of carbonyl (C=O) groups excluding carboxylic acids is 3. The molecule has 0 radical (unpaired) electrons. The molecule has 2 aromatic carbocycles. The van der Waals surface area contributed by atoms with Gasteiger partial charge < -0.3 is 14.6 Å². The van der Waals surface area contributed by atoms with E-state index in [1.165, 1.54) is 18.3 Å². The first-order valence-corrected chi connectivity index (χ1v) is 11.1. The molecule has 1 N–H and O–H groups in total. The maximum absolute atomic E-state index is 13.9. The summed E-state index contributed by atoms with van der Waals surface area (Å²) in [6.07, 6.45) is 1.41. The van der Waals surface area contributed by atoms with Crippen molar-refractivity contribution in [3.8, 4) is 0 Å². The highest BCUT2D eigenvalue weighted by Gasteiger charge is 2.50. The standard InChI is InChI=1S/C26H28N4O4/c1-16-9-11-19(12-10-16)13-27-25(33)26(4)14-29-15-28-21(24(32)34-5)22(29)23(31)30(26)20-8-6-7-17(2)18(20)3/h6-12,15H,13-14H2,1-5H3,(H,27,33). The molecule has 176 valence electrons. The lowest BCUT2D eigenvalue weighted by Gasteiger charge is -2.44. The lowest BCUT2D eigenvalue weighted by Crippen LogP contribution is -2.64. The smallest absolute Gasteiger partial charge is 0.359 e. The van der Waals surface area contributed by atoms with Crippen molar-refractivity contribution in [1.29, 1.82) is 0 Å². The number of anilines is 1. The fraction of sp³-hybridized carbons (Fsp3) is 0.308. The Morgan fingerprint density at radius 3 is 2.50 bits per heavy atom. The highest BCUT2D eigenvalue weighted by Crippen LogP contribution is 2.36. The summed E-state index contributed by atoms with van der Waals surface area (Å²) >= 11 is 0. The quantitative estimate of drug-likeness (QED) is 0.590. The van der Waals surface area contributed by atoms with Crippen molar-refractivity contribution in [2.75, 3.05) is 12.0 Å². The Morgan fingerprint density at radius 2 is 1.82 bits per heavy atom. The van der Waals surface area contributed by atoms with Gasteiger partial charge >= 0.3 is 5.97 Å². The van der Waals surface area contributed by atoms with Crippen molar-refractivity contribution < 1.29 is 19.1 Å². The van der Waals surface area contributed by atoms with Crippen LogP contribution in [0.5, 0.6) is 0 Å². The number of aryl methyl sites for hydroxylation is 2. The third-order valence-electron chi connectivity index (χ3n) is 6.47. The van der Waals surface area contributed by atoms with Crippen LogP contribution in [0.1, 0.15) is 50.2 Å². The second-order valence-corrected chi connectivity index (χ2v) is 8.86. The second kappa shape index (κ2) is 8.78. The van der Waals surface area contributed by atoms with Crippen LogP contribution < -0.4 is 10.2 Å². The Morgan fingerprint density at radius 1 is 1.12 bits per heavy atom. The number of imidazole rings is 1. The van der Waals surface area contributed by atoms with Gasteiger partial charge in [-0.15, -0.1) is 0 Å². The highest BCUT2D eigenvalue weighted by molar-refractivity contribution is 6.15. The summed E-state index contributed by atoms with van der Waals surface area (Å²) in [5.74, 6) is -1.48. The van der Waals surface area contributed by atoms with Gasteiger partial charge in [0.25, 0.3) is 5.91 Å². The van der Waals surface area contributed by atoms with Crippen molar-refractivity contribution >= 4 is 23.5 Å². The minimum Gasteiger partial charge on any atom is -0.464 e. The Kier molecular flexibility index (Phi) is 6.00. The van der Waals surface area contributed by atoms with E-state index in [1.807, 2.05) is 63.2 Å². The third-order valence-corrected chi connectivity index (χ3v) is 6.47. The normalized spacial score (nSPS) is 17.3. The number of carbonyl (C=O) groups is 3. The van der Waals surface area contributed by atoms with Gasteiger partial charge in [0.05, 0.1) is 20.0 Å². The number of nitrogens with one attached hydrogen (secondary N) is 1. The zero-order valence-electron chi connectivity index (χ0n) is 20.0. The first-order chi connectivity index (χ1) is 16.2. The molecular weight excluding hydrogens is 432 g/mol. The van der Waals surface area contributed by atoms with Crippen molar-refractivity contribution in [3.63, 3.8) is 0 Å². The molecule has 8 nitrogen and oxygen atoms in total. The van der Waals surface area contributed by atoms with Crippen molar-refractivity contribution in [2.24, 2.45) is 0 Å². The Labute approximate surface area is 198 Å². The van der Waals surface area contributed by atoms with Crippen LogP contribution in [0.4, 0.5) is 5.69 Å². The molecule has 0 fully saturated rings. The molecule has 1 aromatic heterocycles. The molecule has 0 aliphatic carbocycles. The van der Waals surface area contributed by atoms with Gasteiger partial charge in [0.2, 0.25) is 5.91 Å². The maximum atomic E-state index is 13.9. The first kappa shape index (κ1) is 23.2. The van der Waals surface area contributed by atoms with Crippen molar-refractivity contribution in [3.05, 3.63) is 82.4 Å². The summed E-state index contributed by atoms with van der Waals surface area (Å²) in [6.45, 7) is 8.06. The van der Waals surface area contributed by atoms with Crippen LogP contribution in [0.2, 0.25) is 0 Å². The molecule has 0 spiro atoms. The minimum absolute atomic E-state index is 0.0649. The fourth-order valence-corrected chi connectivity index (χ4v) is 4.31. The number of ether oxygens (including phenoxy) is 1. The van der Waals surface area contributed by atoms with E-state index in [1.54, 1.807) is 11.5 Å². The molecule has 0 saturated heterocycles. The van der Waals surface area contributed by atoms with E-state index in [2.05, 4.69) is 10.3 Å². The van der Waals surface area contributed by atoms with Crippen LogP contribution in [0.15, 0.2) is 48.8 Å². The Bertz CT molecular complexity index is 1280. The summed E-state index contributed by atoms with van der Waals surface area (Å²) in [6, 6.07) is 13.5. The maximum Gasteiger partial charge on any atom is 0.359 e. The van der Waals surface area contributed by atoms with Crippen molar-refractivity contribution in [1.82, 2.24) is 14.9 Å². The molecule has 1 aliphatic heterocycles. The SMILES string of the molecule is COC(=O)c1ncn2c1C(=O)N(c1cccc(C)c1C)C(C)(C(=O)NCc1ccc(C)cc1)C2. The van der Waals surface area contributed by atoms with E-state index >= 15 is 0 Å². The van der Waals surface area contributed by atoms with Crippen LogP contribution >= 0.6 is 0 Å². The molecule has 2 heterocycles. The Balaban J connectivity index is 1.78. The van der Waals surface area contributed by atoms with Crippen LogP contribution in [0.3, 0.4) is 0 Å². The molecule has 1 aliphatic rings. The zero-order chi connectivity index (χ0) is 24.6. The summed E-state index contributed by atoms with van der Waals surface area (Å²) in [5, 5.41) is 3.00. The van der Waals surface area contributed by atoms with Crippen LogP contribution in [0.25, 0.3) is 0 Å². The lowest BCUT2D eigenvalue weighted by atomic mass is 9.91. The van der Waals surface area contributed by atoms with Crippen LogP contribution in [-0.2, 0) is 22.6 Å². The topological polar surface area (TPSA) is 93.5 Å². The summed E-state index contributed by atoms with van der Waals surface area (Å²) < 4.78 is 6.38. The van der Waals surface area contributed by atoms with Gasteiger partial charge in [0.1, 0.15) is 11.2 Å². The number of hydrogen-bond donors (Lipinski definition) is 1. The van der Waals surface area contributed by atoms with E-state index in [9.17, 15) is 14.4 Å². The average molecular weight is 461 g/mol. The van der Waals surface area contributed by atoms with E-state index in [-0.39, 0.29) is 23.8 Å². The summed E-state index contributed by atoms with van der Waals surface area (Å²) in [7, 11) is 1.24. The van der Waals surface area contributed by atoms with Gasteiger partial charge in [-0.25, -0.2) is 9.78 Å². The van der Waals surface area contributed by atoms with Crippen LogP contribution in [-0.4, -0.2) is 40.0 Å². The molecular formula is C26H28N4O4. The van der Waals surface area contributed by atoms with E-state index in [0.717, 1.165) is 22.3 Å². The third kappa shape index (κ3) is 3.85.